The summed E-state index contributed by atoms with van der Waals surface area (Å²) in [6, 6.07) is 10.1. The molecular weight excluding hydrogens is 274 g/mol. The van der Waals surface area contributed by atoms with Crippen molar-refractivity contribution < 1.29 is 9.53 Å². The van der Waals surface area contributed by atoms with Crippen molar-refractivity contribution in [1.82, 2.24) is 0 Å². The number of rotatable bonds is 2. The highest BCUT2D eigenvalue weighted by Gasteiger charge is 2.13. The normalized spacial score (nSPS) is 9.90. The van der Waals surface area contributed by atoms with Gasteiger partial charge in [-0.15, -0.1) is 0 Å². The van der Waals surface area contributed by atoms with Crippen molar-refractivity contribution in [2.45, 2.75) is 13.8 Å². The lowest BCUT2D eigenvalue weighted by molar-refractivity contribution is 0.0736. The summed E-state index contributed by atoms with van der Waals surface area (Å²) in [7, 11) is 0. The van der Waals surface area contributed by atoms with E-state index in [0.29, 0.717) is 16.3 Å². The molecule has 0 bridgehead atoms. The molecule has 0 saturated carbocycles. The summed E-state index contributed by atoms with van der Waals surface area (Å²) in [6.07, 6.45) is 0. The maximum absolute atomic E-state index is 12.0. The van der Waals surface area contributed by atoms with Gasteiger partial charge in [-0.2, -0.15) is 0 Å². The Morgan fingerprint density at radius 2 is 1.95 bits per heavy atom. The van der Waals surface area contributed by atoms with E-state index in [1.165, 1.54) is 0 Å². The number of carbonyl (C=O) groups excluding carboxylic acids is 1. The van der Waals surface area contributed by atoms with Crippen LogP contribution in [-0.2, 0) is 0 Å². The van der Waals surface area contributed by atoms with Crippen LogP contribution in [-0.4, -0.2) is 5.97 Å². The SMILES string of the molecule is [C-]#[N+]c1cc(C)ccc1OC(=O)c1ccc(C)c(Cl)c1. The Morgan fingerprint density at radius 3 is 2.60 bits per heavy atom. The minimum Gasteiger partial charge on any atom is -0.435 e. The van der Waals surface area contributed by atoms with Gasteiger partial charge >= 0.3 is 5.97 Å². The van der Waals surface area contributed by atoms with Gasteiger partial charge in [-0.25, -0.2) is 9.64 Å². The average molecular weight is 286 g/mol. The van der Waals surface area contributed by atoms with Crippen molar-refractivity contribution >= 4 is 23.3 Å². The van der Waals surface area contributed by atoms with Crippen LogP contribution in [0.25, 0.3) is 4.85 Å². The number of esters is 1. The summed E-state index contributed by atoms with van der Waals surface area (Å²) >= 11 is 5.98. The average Bonchev–Trinajstić information content (AvgIpc) is 2.43. The van der Waals surface area contributed by atoms with E-state index >= 15 is 0 Å². The lowest BCUT2D eigenvalue weighted by atomic mass is 10.1. The maximum atomic E-state index is 12.0. The molecule has 0 radical (unpaired) electrons. The van der Waals surface area contributed by atoms with Gasteiger partial charge in [0.1, 0.15) is 5.75 Å². The van der Waals surface area contributed by atoms with E-state index in [4.69, 9.17) is 22.9 Å². The van der Waals surface area contributed by atoms with Gasteiger partial charge in [-0.05, 0) is 43.7 Å². The maximum Gasteiger partial charge on any atom is 0.342 e. The van der Waals surface area contributed by atoms with Crippen LogP contribution in [0, 0.1) is 20.4 Å². The molecule has 0 amide bonds. The van der Waals surface area contributed by atoms with Crippen molar-refractivity contribution in [3.8, 4) is 5.75 Å². The van der Waals surface area contributed by atoms with Gasteiger partial charge in [0.2, 0.25) is 5.69 Å². The molecule has 0 heterocycles. The molecule has 0 unspecified atom stereocenters. The van der Waals surface area contributed by atoms with Gasteiger partial charge in [0.15, 0.2) is 0 Å². The predicted molar refractivity (Wildman–Crippen MR) is 78.6 cm³/mol. The first-order chi connectivity index (χ1) is 9.51. The molecule has 0 spiro atoms. The molecule has 20 heavy (non-hydrogen) atoms. The van der Waals surface area contributed by atoms with Crippen molar-refractivity contribution in [2.24, 2.45) is 0 Å². The first kappa shape index (κ1) is 14.1. The summed E-state index contributed by atoms with van der Waals surface area (Å²) < 4.78 is 5.26. The van der Waals surface area contributed by atoms with Gasteiger partial charge in [-0.1, -0.05) is 29.3 Å². The third-order valence-electron chi connectivity index (χ3n) is 2.85. The second-order valence-corrected chi connectivity index (χ2v) is 4.84. The highest BCUT2D eigenvalue weighted by molar-refractivity contribution is 6.31. The summed E-state index contributed by atoms with van der Waals surface area (Å²) in [5.41, 5.74) is 2.50. The smallest absolute Gasteiger partial charge is 0.342 e. The zero-order valence-electron chi connectivity index (χ0n) is 11.1. The number of halogens is 1. The Kier molecular flexibility index (Phi) is 4.07. The molecule has 0 saturated heterocycles. The fourth-order valence-electron chi connectivity index (χ4n) is 1.68. The molecule has 2 rings (SSSR count). The van der Waals surface area contributed by atoms with Gasteiger partial charge in [0, 0.05) is 5.02 Å². The lowest BCUT2D eigenvalue weighted by Crippen LogP contribution is -2.08. The second-order valence-electron chi connectivity index (χ2n) is 4.44. The number of nitrogens with zero attached hydrogens (tertiary/aromatic N) is 1. The van der Waals surface area contributed by atoms with Crippen molar-refractivity contribution in [1.29, 1.82) is 0 Å². The fraction of sp³-hybridized carbons (Fsp3) is 0.125. The van der Waals surface area contributed by atoms with E-state index in [2.05, 4.69) is 4.85 Å². The first-order valence-electron chi connectivity index (χ1n) is 5.97. The van der Waals surface area contributed by atoms with Gasteiger partial charge in [0.05, 0.1) is 12.1 Å². The Hall–Kier alpha value is -2.31. The number of ether oxygens (including phenoxy) is 1. The van der Waals surface area contributed by atoms with Gasteiger partial charge in [0.25, 0.3) is 0 Å². The van der Waals surface area contributed by atoms with Gasteiger partial charge in [-0.3, -0.25) is 0 Å². The molecule has 3 nitrogen and oxygen atoms in total. The molecule has 0 aromatic heterocycles. The van der Waals surface area contributed by atoms with Crippen LogP contribution in [0.15, 0.2) is 36.4 Å². The quantitative estimate of drug-likeness (QED) is 0.454. The third kappa shape index (κ3) is 2.98. The number of hydrogen-bond donors (Lipinski definition) is 0. The van der Waals surface area contributed by atoms with Crippen LogP contribution in [0.2, 0.25) is 5.02 Å². The van der Waals surface area contributed by atoms with Crippen LogP contribution in [0.4, 0.5) is 5.69 Å². The number of benzene rings is 2. The van der Waals surface area contributed by atoms with E-state index < -0.39 is 5.97 Å². The topological polar surface area (TPSA) is 30.7 Å². The van der Waals surface area contributed by atoms with E-state index in [-0.39, 0.29) is 5.75 Å². The highest BCUT2D eigenvalue weighted by atomic mass is 35.5. The largest absolute Gasteiger partial charge is 0.435 e. The lowest BCUT2D eigenvalue weighted by Gasteiger charge is -2.08. The summed E-state index contributed by atoms with van der Waals surface area (Å²) in [6.45, 7) is 10.8. The Bertz CT molecular complexity index is 717. The van der Waals surface area contributed by atoms with E-state index in [9.17, 15) is 4.79 Å². The van der Waals surface area contributed by atoms with E-state index in [0.717, 1.165) is 11.1 Å². The minimum absolute atomic E-state index is 0.257. The van der Waals surface area contributed by atoms with Crippen molar-refractivity contribution in [3.05, 3.63) is 69.5 Å². The summed E-state index contributed by atoms with van der Waals surface area (Å²) in [5, 5.41) is 0.508. The van der Waals surface area contributed by atoms with Crippen LogP contribution >= 0.6 is 11.6 Å². The fourth-order valence-corrected chi connectivity index (χ4v) is 1.86. The molecule has 0 atom stereocenters. The van der Waals surface area contributed by atoms with Crippen LogP contribution in [0.5, 0.6) is 5.75 Å². The van der Waals surface area contributed by atoms with E-state index in [1.54, 1.807) is 36.4 Å². The second kappa shape index (κ2) is 5.77. The highest BCUT2D eigenvalue weighted by Crippen LogP contribution is 2.29. The molecule has 0 N–H and O–H groups in total. The molecule has 0 fully saturated rings. The molecular formula is C16H12ClNO2. The molecule has 0 aliphatic carbocycles. The summed E-state index contributed by atoms with van der Waals surface area (Å²) in [4.78, 5) is 15.4. The molecule has 4 heteroatoms. The Morgan fingerprint density at radius 1 is 1.20 bits per heavy atom. The Labute approximate surface area is 122 Å². The van der Waals surface area contributed by atoms with Crippen LogP contribution in [0.3, 0.4) is 0 Å². The minimum atomic E-state index is -0.527. The third-order valence-corrected chi connectivity index (χ3v) is 3.25. The monoisotopic (exact) mass is 285 g/mol. The first-order valence-corrected chi connectivity index (χ1v) is 6.35. The predicted octanol–water partition coefficient (Wildman–Crippen LogP) is 4.73. The van der Waals surface area contributed by atoms with Crippen molar-refractivity contribution in [2.75, 3.05) is 0 Å². The number of hydrogen-bond acceptors (Lipinski definition) is 2. The number of aryl methyl sites for hydroxylation is 2. The molecule has 0 aliphatic heterocycles. The van der Waals surface area contributed by atoms with Gasteiger partial charge < -0.3 is 4.74 Å². The molecule has 2 aromatic rings. The van der Waals surface area contributed by atoms with Crippen LogP contribution < -0.4 is 4.74 Å². The van der Waals surface area contributed by atoms with Crippen molar-refractivity contribution in [3.63, 3.8) is 0 Å². The standard InChI is InChI=1S/C16H12ClNO2/c1-10-4-7-15(14(8-10)18-3)20-16(19)12-6-5-11(2)13(17)9-12/h4-9H,1-2H3. The zero-order chi connectivity index (χ0) is 14.7. The summed E-state index contributed by atoms with van der Waals surface area (Å²) in [5.74, 6) is -0.270. The molecule has 0 aliphatic rings. The van der Waals surface area contributed by atoms with Crippen LogP contribution in [0.1, 0.15) is 21.5 Å². The molecule has 100 valence electrons. The number of carbonyl (C=O) groups is 1. The zero-order valence-corrected chi connectivity index (χ0v) is 11.9. The van der Waals surface area contributed by atoms with E-state index in [1.807, 2.05) is 13.8 Å². The Balaban J connectivity index is 2.28. The molecule has 2 aromatic carbocycles.